The number of methoxy groups -OCH3 is 3. The van der Waals surface area contributed by atoms with Crippen molar-refractivity contribution in [3.63, 3.8) is 0 Å². The lowest BCUT2D eigenvalue weighted by atomic mass is 10.0. The molecule has 2 rings (SSSR count). The van der Waals surface area contributed by atoms with Crippen LogP contribution in [0.1, 0.15) is 30.0 Å². The smallest absolute Gasteiger partial charge is 0.203 e. The number of aliphatic imine (C=N–C) groups is 2. The fourth-order valence-corrected chi connectivity index (χ4v) is 3.62. The zero-order valence-corrected chi connectivity index (χ0v) is 20.2. The SMILES string of the molecule is C=Nc1c(C)cc(N/C(=C\F)NC(Cc2cc(OC)c(OC)c(OC)c2)=NC)cc1CCC. The highest BCUT2D eigenvalue weighted by Gasteiger charge is 2.15. The Bertz CT molecular complexity index is 1010. The van der Waals surface area contributed by atoms with Crippen LogP contribution in [0, 0.1) is 6.92 Å². The summed E-state index contributed by atoms with van der Waals surface area (Å²) in [7, 11) is 6.31. The molecule has 0 fully saturated rings. The summed E-state index contributed by atoms with van der Waals surface area (Å²) in [5.74, 6) is 2.31. The molecule has 0 aliphatic rings. The lowest BCUT2D eigenvalue weighted by Gasteiger charge is -2.18. The second-order valence-corrected chi connectivity index (χ2v) is 7.36. The maximum atomic E-state index is 13.8. The number of ether oxygens (including phenoxy) is 3. The van der Waals surface area contributed by atoms with E-state index in [1.165, 1.54) is 0 Å². The van der Waals surface area contributed by atoms with Gasteiger partial charge in [-0.15, -0.1) is 0 Å². The van der Waals surface area contributed by atoms with Crippen molar-refractivity contribution in [2.24, 2.45) is 9.98 Å². The molecule has 0 saturated heterocycles. The number of amidine groups is 1. The molecular formula is C25H33FN4O3. The minimum absolute atomic E-state index is 0.171. The Morgan fingerprint density at radius 1 is 1.09 bits per heavy atom. The molecule has 0 unspecified atom stereocenters. The molecule has 2 N–H and O–H groups in total. The van der Waals surface area contributed by atoms with Crippen LogP contribution < -0.4 is 24.8 Å². The van der Waals surface area contributed by atoms with Crippen LogP contribution in [0.15, 0.2) is 46.4 Å². The van der Waals surface area contributed by atoms with E-state index in [0.29, 0.717) is 35.8 Å². The monoisotopic (exact) mass is 456 g/mol. The minimum atomic E-state index is 0.171. The summed E-state index contributed by atoms with van der Waals surface area (Å²) < 4.78 is 30.0. The minimum Gasteiger partial charge on any atom is -0.493 e. The predicted molar refractivity (Wildman–Crippen MR) is 133 cm³/mol. The fourth-order valence-electron chi connectivity index (χ4n) is 3.62. The standard InChI is InChI=1S/C25H33FN4O3/c1-8-9-18-14-19(10-16(2)24(18)28-4)29-23(15-26)30-22(27-3)13-17-11-20(31-5)25(33-7)21(12-17)32-6/h10-12,14-15,29H,4,8-9,13H2,1-3,5-7H3,(H,27,30)/b23-15+. The second kappa shape index (κ2) is 12.5. The van der Waals surface area contributed by atoms with Crippen LogP contribution >= 0.6 is 0 Å². The van der Waals surface area contributed by atoms with E-state index < -0.39 is 0 Å². The van der Waals surface area contributed by atoms with Gasteiger partial charge in [-0.2, -0.15) is 0 Å². The summed E-state index contributed by atoms with van der Waals surface area (Å²) >= 11 is 0. The molecule has 178 valence electrons. The Morgan fingerprint density at radius 2 is 1.76 bits per heavy atom. The molecule has 0 radical (unpaired) electrons. The van der Waals surface area contributed by atoms with E-state index >= 15 is 0 Å². The first-order chi connectivity index (χ1) is 15.9. The highest BCUT2D eigenvalue weighted by atomic mass is 19.1. The van der Waals surface area contributed by atoms with Crippen molar-refractivity contribution in [1.29, 1.82) is 0 Å². The molecule has 8 heteroatoms. The predicted octanol–water partition coefficient (Wildman–Crippen LogP) is 5.35. The normalized spacial score (nSPS) is 11.7. The van der Waals surface area contributed by atoms with Crippen molar-refractivity contribution in [3.05, 3.63) is 53.1 Å². The number of aryl methyl sites for hydroxylation is 2. The van der Waals surface area contributed by atoms with Gasteiger partial charge in [-0.1, -0.05) is 13.3 Å². The molecule has 7 nitrogen and oxygen atoms in total. The quantitative estimate of drug-likeness (QED) is 0.352. The van der Waals surface area contributed by atoms with Crippen molar-refractivity contribution in [1.82, 2.24) is 5.32 Å². The van der Waals surface area contributed by atoms with Crippen LogP contribution in [0.2, 0.25) is 0 Å². The van der Waals surface area contributed by atoms with Crippen LogP contribution in [-0.4, -0.2) is 40.9 Å². The van der Waals surface area contributed by atoms with Crippen LogP contribution in [0.25, 0.3) is 0 Å². The summed E-state index contributed by atoms with van der Waals surface area (Å²) in [4.78, 5) is 8.43. The molecular weight excluding hydrogens is 423 g/mol. The Balaban J connectivity index is 2.24. The van der Waals surface area contributed by atoms with Gasteiger partial charge in [0.05, 0.1) is 27.0 Å². The third-order valence-electron chi connectivity index (χ3n) is 5.09. The first-order valence-corrected chi connectivity index (χ1v) is 10.6. The first kappa shape index (κ1) is 25.7. The number of rotatable bonds is 11. The number of hydrogen-bond acceptors (Lipinski definition) is 6. The van der Waals surface area contributed by atoms with Crippen molar-refractivity contribution in [3.8, 4) is 17.2 Å². The molecule has 0 saturated carbocycles. The average molecular weight is 457 g/mol. The molecule has 0 aromatic heterocycles. The van der Waals surface area contributed by atoms with Crippen molar-refractivity contribution in [2.45, 2.75) is 33.1 Å². The van der Waals surface area contributed by atoms with E-state index in [1.807, 2.05) is 31.2 Å². The summed E-state index contributed by atoms with van der Waals surface area (Å²) in [6.45, 7) is 7.74. The Kier molecular flexibility index (Phi) is 9.72. The molecule has 0 atom stereocenters. The number of anilines is 1. The summed E-state index contributed by atoms with van der Waals surface area (Å²) in [5.41, 5.74) is 4.52. The molecule has 0 aliphatic carbocycles. The Hall–Kier alpha value is -3.55. The Labute approximate surface area is 195 Å². The average Bonchev–Trinajstić information content (AvgIpc) is 2.82. The van der Waals surface area contributed by atoms with Crippen LogP contribution in [0.3, 0.4) is 0 Å². The van der Waals surface area contributed by atoms with Crippen LogP contribution in [0.5, 0.6) is 17.2 Å². The van der Waals surface area contributed by atoms with Gasteiger partial charge in [-0.25, -0.2) is 4.39 Å². The van der Waals surface area contributed by atoms with Gasteiger partial charge in [0.25, 0.3) is 0 Å². The van der Waals surface area contributed by atoms with Crippen molar-refractivity contribution in [2.75, 3.05) is 33.7 Å². The third-order valence-corrected chi connectivity index (χ3v) is 5.09. The molecule has 2 aromatic rings. The third kappa shape index (κ3) is 6.47. The summed E-state index contributed by atoms with van der Waals surface area (Å²) in [6.07, 6.45) is 2.70. The fraction of sp³-hybridized carbons (Fsp3) is 0.360. The first-order valence-electron chi connectivity index (χ1n) is 10.6. The van der Waals surface area contributed by atoms with Crippen molar-refractivity contribution >= 4 is 23.9 Å². The molecule has 0 spiro atoms. The molecule has 0 bridgehead atoms. The van der Waals surface area contributed by atoms with Gasteiger partial charge < -0.3 is 24.8 Å². The van der Waals surface area contributed by atoms with E-state index in [9.17, 15) is 4.39 Å². The Morgan fingerprint density at radius 3 is 2.24 bits per heavy atom. The summed E-state index contributed by atoms with van der Waals surface area (Å²) in [6, 6.07) is 7.55. The van der Waals surface area contributed by atoms with Gasteiger partial charge in [-0.3, -0.25) is 9.98 Å². The molecule has 0 amide bonds. The maximum Gasteiger partial charge on any atom is 0.203 e. The molecule has 0 heterocycles. The van der Waals surface area contributed by atoms with E-state index in [1.54, 1.807) is 28.4 Å². The topological polar surface area (TPSA) is 76.5 Å². The van der Waals surface area contributed by atoms with E-state index in [-0.39, 0.29) is 5.82 Å². The van der Waals surface area contributed by atoms with E-state index in [4.69, 9.17) is 14.2 Å². The largest absolute Gasteiger partial charge is 0.493 e. The zero-order chi connectivity index (χ0) is 24.4. The molecule has 2 aromatic carbocycles. The molecule has 33 heavy (non-hydrogen) atoms. The van der Waals surface area contributed by atoms with Crippen LogP contribution in [-0.2, 0) is 12.8 Å². The number of nitrogens with one attached hydrogen (secondary N) is 2. The highest BCUT2D eigenvalue weighted by Crippen LogP contribution is 2.38. The van der Waals surface area contributed by atoms with Gasteiger partial charge in [0.15, 0.2) is 11.5 Å². The number of nitrogens with zero attached hydrogens (tertiary/aromatic N) is 2. The lowest BCUT2D eigenvalue weighted by molar-refractivity contribution is 0.324. The van der Waals surface area contributed by atoms with Gasteiger partial charge in [0.2, 0.25) is 5.75 Å². The second-order valence-electron chi connectivity index (χ2n) is 7.36. The lowest BCUT2D eigenvalue weighted by Crippen LogP contribution is -2.28. The zero-order valence-electron chi connectivity index (χ0n) is 20.2. The van der Waals surface area contributed by atoms with Gasteiger partial charge in [0.1, 0.15) is 18.0 Å². The van der Waals surface area contributed by atoms with Gasteiger partial charge in [-0.05, 0) is 61.0 Å². The summed E-state index contributed by atoms with van der Waals surface area (Å²) in [5, 5.41) is 6.13. The van der Waals surface area contributed by atoms with E-state index in [2.05, 4.69) is 34.3 Å². The number of benzene rings is 2. The number of halogens is 1. The maximum absolute atomic E-state index is 13.8. The van der Waals surface area contributed by atoms with Crippen molar-refractivity contribution < 1.29 is 18.6 Å². The number of hydrogen-bond donors (Lipinski definition) is 2. The van der Waals surface area contributed by atoms with Gasteiger partial charge >= 0.3 is 0 Å². The van der Waals surface area contributed by atoms with Crippen LogP contribution in [0.4, 0.5) is 15.8 Å². The highest BCUT2D eigenvalue weighted by molar-refractivity contribution is 5.86. The van der Waals surface area contributed by atoms with E-state index in [0.717, 1.165) is 40.9 Å². The molecule has 0 aliphatic heterocycles. The van der Waals surface area contributed by atoms with Gasteiger partial charge in [0, 0.05) is 19.2 Å².